The molecule has 112 valence electrons. The van der Waals surface area contributed by atoms with E-state index in [1.165, 1.54) is 0 Å². The maximum absolute atomic E-state index is 11.7. The molecule has 20 heavy (non-hydrogen) atoms. The number of hydrogen-bond donors (Lipinski definition) is 3. The monoisotopic (exact) mass is 280 g/mol. The molecule has 0 bridgehead atoms. The maximum Gasteiger partial charge on any atom is 0.319 e. The number of nitrogens with one attached hydrogen (secondary N) is 2. The Bertz CT molecular complexity index is 421. The first-order chi connectivity index (χ1) is 9.52. The molecular formula is C15H24N2O3. The summed E-state index contributed by atoms with van der Waals surface area (Å²) in [5.74, 6) is 0.920. The highest BCUT2D eigenvalue weighted by Crippen LogP contribution is 2.17. The lowest BCUT2D eigenvalue weighted by Crippen LogP contribution is -2.32. The van der Waals surface area contributed by atoms with Gasteiger partial charge in [0.1, 0.15) is 5.75 Å². The summed E-state index contributed by atoms with van der Waals surface area (Å²) in [5, 5.41) is 15.1. The van der Waals surface area contributed by atoms with Crippen LogP contribution in [0.25, 0.3) is 0 Å². The average Bonchev–Trinajstić information content (AvgIpc) is 2.39. The third kappa shape index (κ3) is 5.93. The predicted molar refractivity (Wildman–Crippen MR) is 80.1 cm³/mol. The van der Waals surface area contributed by atoms with Crippen molar-refractivity contribution in [1.82, 2.24) is 5.32 Å². The standard InChI is InChI=1S/C15H24N2O3/c1-4-20-13-7-5-6-12(10-13)17-15(19)16-9-8-14(18)11(2)3/h5-7,10-11,14,18H,4,8-9H2,1-3H3,(H2,16,17,19). The molecule has 0 radical (unpaired) electrons. The van der Waals surface area contributed by atoms with Gasteiger partial charge in [-0.05, 0) is 31.4 Å². The summed E-state index contributed by atoms with van der Waals surface area (Å²) in [6.07, 6.45) is 0.154. The van der Waals surface area contributed by atoms with Gasteiger partial charge >= 0.3 is 6.03 Å². The molecule has 2 amide bonds. The van der Waals surface area contributed by atoms with E-state index in [0.29, 0.717) is 25.3 Å². The van der Waals surface area contributed by atoms with E-state index < -0.39 is 6.10 Å². The molecule has 5 heteroatoms. The summed E-state index contributed by atoms with van der Waals surface area (Å²) in [5.41, 5.74) is 0.679. The Morgan fingerprint density at radius 1 is 1.40 bits per heavy atom. The molecule has 1 aromatic rings. The van der Waals surface area contributed by atoms with Gasteiger partial charge in [0.15, 0.2) is 0 Å². The van der Waals surface area contributed by atoms with Gasteiger partial charge in [-0.1, -0.05) is 19.9 Å². The molecule has 0 fully saturated rings. The smallest absolute Gasteiger partial charge is 0.319 e. The average molecular weight is 280 g/mol. The predicted octanol–water partition coefficient (Wildman–Crippen LogP) is 2.61. The van der Waals surface area contributed by atoms with Gasteiger partial charge in [-0.3, -0.25) is 0 Å². The normalized spacial score (nSPS) is 12.1. The molecule has 1 rings (SSSR count). The van der Waals surface area contributed by atoms with Crippen LogP contribution < -0.4 is 15.4 Å². The van der Waals surface area contributed by atoms with E-state index in [1.807, 2.05) is 32.9 Å². The van der Waals surface area contributed by atoms with Crippen LogP contribution in [-0.4, -0.2) is 30.4 Å². The van der Waals surface area contributed by atoms with Crippen LogP contribution in [0.2, 0.25) is 0 Å². The van der Waals surface area contributed by atoms with Crippen LogP contribution in [0.15, 0.2) is 24.3 Å². The van der Waals surface area contributed by atoms with Crippen molar-refractivity contribution < 1.29 is 14.6 Å². The van der Waals surface area contributed by atoms with Crippen LogP contribution >= 0.6 is 0 Å². The first-order valence-corrected chi connectivity index (χ1v) is 6.98. The van der Waals surface area contributed by atoms with Gasteiger partial charge in [0.05, 0.1) is 12.7 Å². The van der Waals surface area contributed by atoms with Crippen LogP contribution in [0.1, 0.15) is 27.2 Å². The SMILES string of the molecule is CCOc1cccc(NC(=O)NCCC(O)C(C)C)c1. The van der Waals surface area contributed by atoms with Crippen molar-refractivity contribution in [2.45, 2.75) is 33.3 Å². The second-order valence-electron chi connectivity index (χ2n) is 4.94. The summed E-state index contributed by atoms with van der Waals surface area (Å²) >= 11 is 0. The van der Waals surface area contributed by atoms with Gasteiger partial charge < -0.3 is 20.5 Å². The minimum atomic E-state index is -0.392. The van der Waals surface area contributed by atoms with Crippen LogP contribution in [0, 0.1) is 5.92 Å². The third-order valence-electron chi connectivity index (χ3n) is 2.90. The fourth-order valence-electron chi connectivity index (χ4n) is 1.67. The number of anilines is 1. The van der Waals surface area contributed by atoms with E-state index in [2.05, 4.69) is 10.6 Å². The Balaban J connectivity index is 2.36. The maximum atomic E-state index is 11.7. The van der Waals surface area contributed by atoms with Gasteiger partial charge in [-0.2, -0.15) is 0 Å². The molecule has 1 unspecified atom stereocenters. The minimum absolute atomic E-state index is 0.197. The Kier molecular flexibility index (Phi) is 6.87. The van der Waals surface area contributed by atoms with E-state index >= 15 is 0 Å². The summed E-state index contributed by atoms with van der Waals surface area (Å²) in [6.45, 7) is 6.83. The number of hydrogen-bond acceptors (Lipinski definition) is 3. The van der Waals surface area contributed by atoms with Gasteiger partial charge in [0.25, 0.3) is 0 Å². The molecule has 0 saturated heterocycles. The van der Waals surface area contributed by atoms with Gasteiger partial charge in [-0.15, -0.1) is 0 Å². The number of rotatable bonds is 7. The number of aliphatic hydroxyl groups excluding tert-OH is 1. The fourth-order valence-corrected chi connectivity index (χ4v) is 1.67. The highest BCUT2D eigenvalue weighted by atomic mass is 16.5. The first kappa shape index (κ1) is 16.3. The number of amides is 2. The summed E-state index contributed by atoms with van der Waals surface area (Å²) < 4.78 is 5.36. The largest absolute Gasteiger partial charge is 0.494 e. The molecule has 0 saturated carbocycles. The lowest BCUT2D eigenvalue weighted by Gasteiger charge is -2.14. The number of aliphatic hydroxyl groups is 1. The van der Waals surface area contributed by atoms with E-state index in [-0.39, 0.29) is 11.9 Å². The quantitative estimate of drug-likeness (QED) is 0.719. The molecule has 3 N–H and O–H groups in total. The first-order valence-electron chi connectivity index (χ1n) is 6.98. The molecular weight excluding hydrogens is 256 g/mol. The van der Waals surface area contributed by atoms with Crippen molar-refractivity contribution in [3.8, 4) is 5.75 Å². The number of urea groups is 1. The Morgan fingerprint density at radius 3 is 2.80 bits per heavy atom. The Morgan fingerprint density at radius 2 is 2.15 bits per heavy atom. The molecule has 5 nitrogen and oxygen atoms in total. The lowest BCUT2D eigenvalue weighted by atomic mass is 10.0. The second-order valence-corrected chi connectivity index (χ2v) is 4.94. The van der Waals surface area contributed by atoms with Crippen molar-refractivity contribution in [3.63, 3.8) is 0 Å². The van der Waals surface area contributed by atoms with Crippen molar-refractivity contribution in [1.29, 1.82) is 0 Å². The zero-order valence-corrected chi connectivity index (χ0v) is 12.3. The van der Waals surface area contributed by atoms with Crippen molar-refractivity contribution in [2.24, 2.45) is 5.92 Å². The molecule has 1 atom stereocenters. The minimum Gasteiger partial charge on any atom is -0.494 e. The van der Waals surface area contributed by atoms with Crippen LogP contribution in [0.5, 0.6) is 5.75 Å². The highest BCUT2D eigenvalue weighted by molar-refractivity contribution is 5.89. The van der Waals surface area contributed by atoms with Gasteiger partial charge in [-0.25, -0.2) is 4.79 Å². The number of benzene rings is 1. The molecule has 0 aromatic heterocycles. The summed E-state index contributed by atoms with van der Waals surface area (Å²) in [7, 11) is 0. The Labute approximate surface area is 120 Å². The van der Waals surface area contributed by atoms with E-state index in [9.17, 15) is 9.90 Å². The zero-order valence-electron chi connectivity index (χ0n) is 12.3. The lowest BCUT2D eigenvalue weighted by molar-refractivity contribution is 0.117. The molecule has 0 heterocycles. The van der Waals surface area contributed by atoms with Crippen LogP contribution in [0.4, 0.5) is 10.5 Å². The van der Waals surface area contributed by atoms with E-state index in [1.54, 1.807) is 12.1 Å². The molecule has 0 spiro atoms. The highest BCUT2D eigenvalue weighted by Gasteiger charge is 2.09. The fraction of sp³-hybridized carbons (Fsp3) is 0.533. The molecule has 0 aliphatic heterocycles. The second kappa shape index (κ2) is 8.43. The van der Waals surface area contributed by atoms with E-state index in [0.717, 1.165) is 5.75 Å². The topological polar surface area (TPSA) is 70.6 Å². The number of carbonyl (C=O) groups is 1. The third-order valence-corrected chi connectivity index (χ3v) is 2.90. The Hall–Kier alpha value is -1.75. The van der Waals surface area contributed by atoms with Crippen LogP contribution in [0.3, 0.4) is 0 Å². The van der Waals surface area contributed by atoms with Crippen molar-refractivity contribution >= 4 is 11.7 Å². The van der Waals surface area contributed by atoms with E-state index in [4.69, 9.17) is 4.74 Å². The molecule has 0 aliphatic rings. The van der Waals surface area contributed by atoms with Gasteiger partial charge in [0.2, 0.25) is 0 Å². The molecule has 0 aliphatic carbocycles. The van der Waals surface area contributed by atoms with Crippen molar-refractivity contribution in [2.75, 3.05) is 18.5 Å². The van der Waals surface area contributed by atoms with Crippen molar-refractivity contribution in [3.05, 3.63) is 24.3 Å². The van der Waals surface area contributed by atoms with Gasteiger partial charge in [0, 0.05) is 18.3 Å². The summed E-state index contributed by atoms with van der Waals surface area (Å²) in [4.78, 5) is 11.7. The molecule has 1 aromatic carbocycles. The zero-order chi connectivity index (χ0) is 15.0. The number of ether oxygens (including phenoxy) is 1. The van der Waals surface area contributed by atoms with Crippen LogP contribution in [-0.2, 0) is 0 Å². The summed E-state index contributed by atoms with van der Waals surface area (Å²) in [6, 6.07) is 6.95. The number of carbonyl (C=O) groups excluding carboxylic acids is 1.